The molecule has 1 saturated heterocycles. The predicted octanol–water partition coefficient (Wildman–Crippen LogP) is 1.46. The van der Waals surface area contributed by atoms with E-state index in [1.807, 2.05) is 19.1 Å². The fraction of sp³-hybridized carbons (Fsp3) is 0.278. The van der Waals surface area contributed by atoms with Crippen LogP contribution in [0.3, 0.4) is 0 Å². The molecule has 3 aromatic rings. The average Bonchev–Trinajstić information content (AvgIpc) is 3.11. The van der Waals surface area contributed by atoms with Gasteiger partial charge in [-0.1, -0.05) is 0 Å². The van der Waals surface area contributed by atoms with Crippen LogP contribution in [-0.4, -0.2) is 44.0 Å². The molecule has 0 saturated carbocycles. The van der Waals surface area contributed by atoms with E-state index in [1.54, 1.807) is 30.7 Å². The van der Waals surface area contributed by atoms with Crippen molar-refractivity contribution in [3.63, 3.8) is 0 Å². The highest BCUT2D eigenvalue weighted by atomic mass is 16.5. The molecule has 1 aliphatic heterocycles. The third-order valence-electron chi connectivity index (χ3n) is 4.28. The third kappa shape index (κ3) is 3.31. The Morgan fingerprint density at radius 1 is 1.12 bits per heavy atom. The second kappa shape index (κ2) is 7.01. The van der Waals surface area contributed by atoms with E-state index in [9.17, 15) is 4.79 Å². The average molecular weight is 350 g/mol. The number of nitrogens with one attached hydrogen (secondary N) is 1. The van der Waals surface area contributed by atoms with Gasteiger partial charge in [-0.2, -0.15) is 5.10 Å². The van der Waals surface area contributed by atoms with Crippen molar-refractivity contribution in [1.82, 2.24) is 24.7 Å². The van der Waals surface area contributed by atoms with Crippen LogP contribution >= 0.6 is 0 Å². The zero-order valence-electron chi connectivity index (χ0n) is 14.2. The first-order chi connectivity index (χ1) is 12.7. The van der Waals surface area contributed by atoms with Gasteiger partial charge in [-0.05, 0) is 31.2 Å². The van der Waals surface area contributed by atoms with Gasteiger partial charge in [-0.3, -0.25) is 9.78 Å². The van der Waals surface area contributed by atoms with Crippen LogP contribution in [0.15, 0.2) is 53.7 Å². The summed E-state index contributed by atoms with van der Waals surface area (Å²) < 4.78 is 7.11. The summed E-state index contributed by atoms with van der Waals surface area (Å²) in [5, 5.41) is 7.89. The number of hydrogen-bond donors (Lipinski definition) is 1. The minimum atomic E-state index is -0.223. The summed E-state index contributed by atoms with van der Waals surface area (Å²) in [4.78, 5) is 24.9. The lowest BCUT2D eigenvalue weighted by Gasteiger charge is -2.21. The van der Waals surface area contributed by atoms with Gasteiger partial charge < -0.3 is 10.1 Å². The summed E-state index contributed by atoms with van der Waals surface area (Å²) >= 11 is 0. The van der Waals surface area contributed by atoms with Crippen molar-refractivity contribution in [2.75, 3.05) is 18.5 Å². The highest BCUT2D eigenvalue weighted by Crippen LogP contribution is 2.22. The van der Waals surface area contributed by atoms with Crippen LogP contribution in [0.5, 0.6) is 0 Å². The van der Waals surface area contributed by atoms with E-state index in [0.29, 0.717) is 24.9 Å². The summed E-state index contributed by atoms with van der Waals surface area (Å²) in [7, 11) is 0. The minimum Gasteiger partial charge on any atom is -0.377 e. The van der Waals surface area contributed by atoms with Crippen LogP contribution in [0.2, 0.25) is 0 Å². The Balaban J connectivity index is 1.64. The number of nitrogens with zero attached hydrogens (tertiary/aromatic N) is 5. The van der Waals surface area contributed by atoms with E-state index in [4.69, 9.17) is 4.74 Å². The monoisotopic (exact) mass is 350 g/mol. The highest BCUT2D eigenvalue weighted by Gasteiger charge is 2.31. The maximum Gasteiger partial charge on any atom is 0.267 e. The molecule has 0 bridgehead atoms. The predicted molar refractivity (Wildman–Crippen MR) is 95.8 cm³/mol. The number of rotatable bonds is 4. The highest BCUT2D eigenvalue weighted by molar-refractivity contribution is 5.57. The second-order valence-electron chi connectivity index (χ2n) is 6.08. The van der Waals surface area contributed by atoms with Crippen LogP contribution in [0.4, 0.5) is 5.82 Å². The van der Waals surface area contributed by atoms with E-state index in [2.05, 4.69) is 25.4 Å². The molecule has 1 aliphatic rings. The summed E-state index contributed by atoms with van der Waals surface area (Å²) in [6.45, 7) is 2.72. The van der Waals surface area contributed by atoms with E-state index >= 15 is 0 Å². The van der Waals surface area contributed by atoms with Crippen LogP contribution in [0, 0.1) is 6.92 Å². The first-order valence-corrected chi connectivity index (χ1v) is 8.35. The summed E-state index contributed by atoms with van der Waals surface area (Å²) in [5.41, 5.74) is 1.46. The Morgan fingerprint density at radius 3 is 2.77 bits per heavy atom. The molecule has 0 spiro atoms. The molecular formula is C18H18N6O2. The van der Waals surface area contributed by atoms with Crippen LogP contribution in [0.25, 0.3) is 11.3 Å². The molecular weight excluding hydrogens is 332 g/mol. The number of aromatic nitrogens is 5. The molecule has 132 valence electrons. The van der Waals surface area contributed by atoms with Gasteiger partial charge in [0.05, 0.1) is 24.9 Å². The lowest BCUT2D eigenvalue weighted by atomic mass is 10.1. The summed E-state index contributed by atoms with van der Waals surface area (Å²) in [6, 6.07) is 8.45. The van der Waals surface area contributed by atoms with Crippen LogP contribution < -0.4 is 10.9 Å². The van der Waals surface area contributed by atoms with Gasteiger partial charge >= 0.3 is 0 Å². The number of anilines is 1. The zero-order chi connectivity index (χ0) is 17.9. The molecule has 4 heterocycles. The molecule has 0 aromatic carbocycles. The maximum absolute atomic E-state index is 12.4. The van der Waals surface area contributed by atoms with Crippen LogP contribution in [0.1, 0.15) is 11.9 Å². The molecule has 0 aliphatic carbocycles. The van der Waals surface area contributed by atoms with E-state index in [1.165, 1.54) is 10.7 Å². The number of aryl methyl sites for hydroxylation is 1. The Labute approximate surface area is 149 Å². The lowest BCUT2D eigenvalue weighted by Crippen LogP contribution is -2.37. The van der Waals surface area contributed by atoms with Crippen LogP contribution in [-0.2, 0) is 4.74 Å². The van der Waals surface area contributed by atoms with Crippen molar-refractivity contribution in [2.24, 2.45) is 0 Å². The van der Waals surface area contributed by atoms with Crippen molar-refractivity contribution in [3.05, 3.63) is 65.1 Å². The normalized spacial score (nSPS) is 19.4. The standard InChI is InChI=1S/C18H18N6O2/c1-12-20-9-6-17(21-12)22-15-10-26-11-16(15)24-18(25)3-2-14(23-24)13-4-7-19-8-5-13/h2-9,15-16H,10-11H2,1H3,(H,20,21,22). The molecule has 2 atom stereocenters. The molecule has 4 rings (SSSR count). The second-order valence-corrected chi connectivity index (χ2v) is 6.08. The first-order valence-electron chi connectivity index (χ1n) is 8.35. The Hall–Kier alpha value is -3.13. The molecule has 3 aromatic heterocycles. The van der Waals surface area contributed by atoms with E-state index in [0.717, 1.165) is 11.3 Å². The fourth-order valence-electron chi connectivity index (χ4n) is 2.99. The SMILES string of the molecule is Cc1nccc(NC2COCC2n2nc(-c3ccncc3)ccc2=O)n1. The van der Waals surface area contributed by atoms with Gasteiger partial charge in [-0.15, -0.1) is 0 Å². The topological polar surface area (TPSA) is 94.8 Å². The van der Waals surface area contributed by atoms with Gasteiger partial charge in [0, 0.05) is 30.2 Å². The zero-order valence-corrected chi connectivity index (χ0v) is 14.2. The van der Waals surface area contributed by atoms with Crippen molar-refractivity contribution >= 4 is 5.82 Å². The molecule has 8 nitrogen and oxygen atoms in total. The molecule has 26 heavy (non-hydrogen) atoms. The molecule has 0 amide bonds. The summed E-state index contributed by atoms with van der Waals surface area (Å²) in [6.07, 6.45) is 5.10. The minimum absolute atomic E-state index is 0.109. The molecule has 2 unspecified atom stereocenters. The van der Waals surface area contributed by atoms with Gasteiger partial charge in [0.2, 0.25) is 0 Å². The van der Waals surface area contributed by atoms with Gasteiger partial charge in [-0.25, -0.2) is 14.6 Å². The fourth-order valence-corrected chi connectivity index (χ4v) is 2.99. The first kappa shape index (κ1) is 16.3. The Kier molecular flexibility index (Phi) is 4.40. The smallest absolute Gasteiger partial charge is 0.267 e. The van der Waals surface area contributed by atoms with Crippen molar-refractivity contribution in [3.8, 4) is 11.3 Å². The number of hydrogen-bond acceptors (Lipinski definition) is 7. The van der Waals surface area contributed by atoms with Gasteiger partial charge in [0.15, 0.2) is 0 Å². The van der Waals surface area contributed by atoms with E-state index < -0.39 is 0 Å². The quantitative estimate of drug-likeness (QED) is 0.761. The molecule has 1 fully saturated rings. The van der Waals surface area contributed by atoms with Crippen molar-refractivity contribution in [1.29, 1.82) is 0 Å². The third-order valence-corrected chi connectivity index (χ3v) is 4.28. The molecule has 0 radical (unpaired) electrons. The summed E-state index contributed by atoms with van der Waals surface area (Å²) in [5.74, 6) is 1.39. The van der Waals surface area contributed by atoms with Gasteiger partial charge in [0.25, 0.3) is 5.56 Å². The van der Waals surface area contributed by atoms with E-state index in [-0.39, 0.29) is 17.6 Å². The largest absolute Gasteiger partial charge is 0.377 e. The Bertz CT molecular complexity index is 959. The lowest BCUT2D eigenvalue weighted by molar-refractivity contribution is 0.183. The van der Waals surface area contributed by atoms with Crippen molar-refractivity contribution < 1.29 is 4.74 Å². The maximum atomic E-state index is 12.4. The molecule has 1 N–H and O–H groups in total. The molecule has 8 heteroatoms. The Morgan fingerprint density at radius 2 is 1.96 bits per heavy atom. The number of ether oxygens (including phenoxy) is 1. The van der Waals surface area contributed by atoms with Gasteiger partial charge in [0.1, 0.15) is 17.7 Å². The van der Waals surface area contributed by atoms with Crippen molar-refractivity contribution in [2.45, 2.75) is 19.0 Å². The number of pyridine rings is 1.